The van der Waals surface area contributed by atoms with Crippen molar-refractivity contribution in [2.24, 2.45) is 0 Å². The summed E-state index contributed by atoms with van der Waals surface area (Å²) in [6.07, 6.45) is 0. The second kappa shape index (κ2) is 16.8. The number of rotatable bonds is 4. The van der Waals surface area contributed by atoms with Crippen molar-refractivity contribution in [3.8, 4) is 33.4 Å². The van der Waals surface area contributed by atoms with Gasteiger partial charge in [0.2, 0.25) is 0 Å². The maximum atomic E-state index is 8.63. The normalized spacial score (nSPS) is 10.5. The van der Waals surface area contributed by atoms with Gasteiger partial charge in [0.25, 0.3) is 0 Å². The van der Waals surface area contributed by atoms with E-state index in [1.54, 1.807) is 24.3 Å². The standard InChI is InChI=1S/C22H15Cl.C16H11Br.C6H6BClO2/c23-20-14-12-17(13-15-20)16-8-10-19(11-9-16)22-7-3-5-18-4-1-2-6-21(18)22;17-14-10-8-13(9-11-14)16-7-3-5-12-4-1-2-6-15(12)16;8-6-3-1-5(2-4-6)7(9)10/h1-15H;1-11H;1-4,9-10H. The van der Waals surface area contributed by atoms with Gasteiger partial charge in [-0.05, 0) is 96.8 Å². The first-order valence-corrected chi connectivity index (χ1v) is 17.6. The molecule has 2 nitrogen and oxygen atoms in total. The van der Waals surface area contributed by atoms with E-state index in [-0.39, 0.29) is 0 Å². The van der Waals surface area contributed by atoms with Gasteiger partial charge < -0.3 is 10.0 Å². The number of hydrogen-bond acceptors (Lipinski definition) is 2. The minimum Gasteiger partial charge on any atom is -0.423 e. The quantitative estimate of drug-likeness (QED) is 0.176. The van der Waals surface area contributed by atoms with Gasteiger partial charge in [0.1, 0.15) is 0 Å². The van der Waals surface area contributed by atoms with Crippen LogP contribution in [0.1, 0.15) is 0 Å². The van der Waals surface area contributed by atoms with Gasteiger partial charge in [-0.1, -0.05) is 185 Å². The van der Waals surface area contributed by atoms with E-state index < -0.39 is 7.12 Å². The Labute approximate surface area is 311 Å². The second-order valence-corrected chi connectivity index (χ2v) is 13.4. The van der Waals surface area contributed by atoms with Gasteiger partial charge >= 0.3 is 7.12 Å². The van der Waals surface area contributed by atoms with Crippen molar-refractivity contribution in [2.75, 3.05) is 0 Å². The first-order chi connectivity index (χ1) is 24.4. The van der Waals surface area contributed by atoms with Crippen molar-refractivity contribution in [1.29, 1.82) is 0 Å². The summed E-state index contributed by atoms with van der Waals surface area (Å²) in [6, 6.07) is 61.3. The molecular weight excluding hydrogens is 722 g/mol. The molecule has 0 atom stereocenters. The van der Waals surface area contributed by atoms with Gasteiger partial charge in [-0.3, -0.25) is 0 Å². The average molecular weight is 754 g/mol. The summed E-state index contributed by atoms with van der Waals surface area (Å²) in [5.74, 6) is 0. The summed E-state index contributed by atoms with van der Waals surface area (Å²) in [4.78, 5) is 0. The van der Waals surface area contributed by atoms with Crippen LogP contribution in [-0.4, -0.2) is 17.2 Å². The van der Waals surface area contributed by atoms with Crippen molar-refractivity contribution in [3.05, 3.63) is 197 Å². The van der Waals surface area contributed by atoms with Crippen molar-refractivity contribution >= 4 is 73.3 Å². The molecule has 0 aliphatic carbocycles. The lowest BCUT2D eigenvalue weighted by molar-refractivity contribution is 0.426. The van der Waals surface area contributed by atoms with Crippen LogP contribution in [0.25, 0.3) is 54.9 Å². The molecule has 0 aliphatic heterocycles. The number of hydrogen-bond donors (Lipinski definition) is 2. The van der Waals surface area contributed by atoms with Crippen LogP contribution in [-0.2, 0) is 0 Å². The first kappa shape index (κ1) is 35.2. The summed E-state index contributed by atoms with van der Waals surface area (Å²) >= 11 is 15.0. The average Bonchev–Trinajstić information content (AvgIpc) is 3.16. The lowest BCUT2D eigenvalue weighted by atomic mass is 9.81. The highest BCUT2D eigenvalue weighted by molar-refractivity contribution is 9.10. The number of halogens is 3. The van der Waals surface area contributed by atoms with E-state index in [4.69, 9.17) is 33.2 Å². The fourth-order valence-corrected chi connectivity index (χ4v) is 6.22. The molecule has 8 aromatic carbocycles. The molecule has 8 rings (SSSR count). The van der Waals surface area contributed by atoms with E-state index in [0.717, 1.165) is 9.50 Å². The van der Waals surface area contributed by atoms with Crippen molar-refractivity contribution in [3.63, 3.8) is 0 Å². The molecule has 0 aromatic heterocycles. The zero-order chi connectivity index (χ0) is 34.9. The van der Waals surface area contributed by atoms with E-state index in [1.165, 1.54) is 54.9 Å². The Morgan fingerprint density at radius 3 is 1.20 bits per heavy atom. The third-order valence-electron chi connectivity index (χ3n) is 8.28. The number of fused-ring (bicyclic) bond motifs is 2. The van der Waals surface area contributed by atoms with Gasteiger partial charge in [0.15, 0.2) is 0 Å². The molecule has 0 fully saturated rings. The molecule has 0 saturated carbocycles. The topological polar surface area (TPSA) is 40.5 Å². The molecule has 6 heteroatoms. The Balaban J connectivity index is 0.000000141. The Hall–Kier alpha value is -4.68. The SMILES string of the molecule is Brc1ccc(-c2cccc3ccccc23)cc1.Clc1ccc(-c2ccc(-c3cccc4ccccc34)cc2)cc1.OB(O)c1ccc(Cl)cc1. The van der Waals surface area contributed by atoms with Gasteiger partial charge in [-0.25, -0.2) is 0 Å². The van der Waals surface area contributed by atoms with Crippen LogP contribution in [0.15, 0.2) is 186 Å². The third kappa shape index (κ3) is 8.91. The predicted molar refractivity (Wildman–Crippen MR) is 218 cm³/mol. The molecule has 0 aliphatic rings. The second-order valence-electron chi connectivity index (χ2n) is 11.6. The fourth-order valence-electron chi connectivity index (χ4n) is 5.70. The molecule has 0 amide bonds. The molecule has 8 aromatic rings. The summed E-state index contributed by atoms with van der Waals surface area (Å²) in [5.41, 5.74) is 7.87. The molecule has 0 saturated heterocycles. The highest BCUT2D eigenvalue weighted by atomic mass is 79.9. The lowest BCUT2D eigenvalue weighted by Crippen LogP contribution is -2.29. The monoisotopic (exact) mass is 752 g/mol. The largest absolute Gasteiger partial charge is 0.488 e. The van der Waals surface area contributed by atoms with E-state index in [9.17, 15) is 0 Å². The number of benzene rings is 8. The van der Waals surface area contributed by atoms with Gasteiger partial charge in [0, 0.05) is 14.5 Å². The fraction of sp³-hybridized carbons (Fsp3) is 0. The summed E-state index contributed by atoms with van der Waals surface area (Å²) in [6.45, 7) is 0. The Bertz CT molecular complexity index is 2300. The van der Waals surface area contributed by atoms with Crippen molar-refractivity contribution < 1.29 is 10.0 Å². The van der Waals surface area contributed by atoms with Crippen molar-refractivity contribution in [1.82, 2.24) is 0 Å². The summed E-state index contributed by atoms with van der Waals surface area (Å²) in [5, 5.41) is 23.8. The van der Waals surface area contributed by atoms with Crippen LogP contribution in [0.5, 0.6) is 0 Å². The lowest BCUT2D eigenvalue weighted by Gasteiger charge is -2.08. The molecule has 2 N–H and O–H groups in total. The van der Waals surface area contributed by atoms with Gasteiger partial charge in [-0.2, -0.15) is 0 Å². The molecule has 50 heavy (non-hydrogen) atoms. The van der Waals surface area contributed by atoms with E-state index in [0.29, 0.717) is 10.5 Å². The minimum atomic E-state index is -1.41. The van der Waals surface area contributed by atoms with Crippen LogP contribution < -0.4 is 5.46 Å². The Morgan fingerprint density at radius 1 is 0.380 bits per heavy atom. The Kier molecular flexibility index (Phi) is 11.8. The van der Waals surface area contributed by atoms with Crippen LogP contribution in [0.2, 0.25) is 10.0 Å². The van der Waals surface area contributed by atoms with Crippen LogP contribution >= 0.6 is 39.1 Å². The van der Waals surface area contributed by atoms with Crippen LogP contribution in [0, 0.1) is 0 Å². The molecule has 0 heterocycles. The van der Waals surface area contributed by atoms with Crippen LogP contribution in [0.3, 0.4) is 0 Å². The highest BCUT2D eigenvalue weighted by Crippen LogP contribution is 2.31. The molecule has 0 radical (unpaired) electrons. The molecule has 0 bridgehead atoms. The van der Waals surface area contributed by atoms with E-state index in [2.05, 4.69) is 162 Å². The minimum absolute atomic E-state index is 0.449. The molecule has 244 valence electrons. The summed E-state index contributed by atoms with van der Waals surface area (Å²) in [7, 11) is -1.41. The predicted octanol–water partition coefficient (Wildman–Crippen LogP) is 12.1. The molecular formula is C44H32BBrCl2O2. The first-order valence-electron chi connectivity index (χ1n) is 16.1. The zero-order valence-corrected chi connectivity index (χ0v) is 30.0. The molecule has 0 spiro atoms. The smallest absolute Gasteiger partial charge is 0.423 e. The Morgan fingerprint density at radius 2 is 0.740 bits per heavy atom. The maximum Gasteiger partial charge on any atom is 0.488 e. The van der Waals surface area contributed by atoms with Gasteiger partial charge in [-0.15, -0.1) is 0 Å². The van der Waals surface area contributed by atoms with Gasteiger partial charge in [0.05, 0.1) is 0 Å². The van der Waals surface area contributed by atoms with Crippen LogP contribution in [0.4, 0.5) is 0 Å². The summed E-state index contributed by atoms with van der Waals surface area (Å²) < 4.78 is 1.11. The van der Waals surface area contributed by atoms with Crippen molar-refractivity contribution in [2.45, 2.75) is 0 Å². The molecule has 0 unspecified atom stereocenters. The zero-order valence-electron chi connectivity index (χ0n) is 26.9. The third-order valence-corrected chi connectivity index (χ3v) is 9.31. The highest BCUT2D eigenvalue weighted by Gasteiger charge is 2.09. The maximum absolute atomic E-state index is 8.63. The van der Waals surface area contributed by atoms with E-state index >= 15 is 0 Å². The van der Waals surface area contributed by atoms with E-state index in [1.807, 2.05) is 12.1 Å².